The maximum absolute atomic E-state index is 12.5. The highest BCUT2D eigenvalue weighted by Gasteiger charge is 2.15. The minimum absolute atomic E-state index is 0.128. The third-order valence-electron chi connectivity index (χ3n) is 5.50. The molecular formula is C24H21N3O2. The first-order chi connectivity index (χ1) is 14.3. The first kappa shape index (κ1) is 17.6. The number of amides is 1. The minimum Gasteiger partial charge on any atom is -0.403 e. The van der Waals surface area contributed by atoms with Crippen molar-refractivity contribution in [1.82, 2.24) is 10.2 Å². The smallest absolute Gasteiger partial charge is 0.322 e. The summed E-state index contributed by atoms with van der Waals surface area (Å²) in [4.78, 5) is 12.5. The zero-order valence-corrected chi connectivity index (χ0v) is 16.0. The second-order valence-electron chi connectivity index (χ2n) is 7.47. The number of nitrogens with one attached hydrogen (secondary N) is 1. The van der Waals surface area contributed by atoms with E-state index in [1.807, 2.05) is 48.5 Å². The molecule has 5 heteroatoms. The molecule has 0 saturated heterocycles. The van der Waals surface area contributed by atoms with Crippen LogP contribution in [0.4, 0.5) is 6.01 Å². The number of anilines is 1. The number of hydrogen-bond donors (Lipinski definition) is 1. The predicted molar refractivity (Wildman–Crippen MR) is 113 cm³/mol. The highest BCUT2D eigenvalue weighted by Crippen LogP contribution is 2.27. The van der Waals surface area contributed by atoms with Gasteiger partial charge in [0.25, 0.3) is 0 Å². The summed E-state index contributed by atoms with van der Waals surface area (Å²) in [6.45, 7) is 0. The van der Waals surface area contributed by atoms with E-state index in [0.29, 0.717) is 5.89 Å². The molecule has 4 aromatic rings. The van der Waals surface area contributed by atoms with Crippen molar-refractivity contribution in [2.75, 3.05) is 5.32 Å². The maximum Gasteiger partial charge on any atom is 0.322 e. The van der Waals surface area contributed by atoms with Gasteiger partial charge in [-0.05, 0) is 65.3 Å². The normalized spacial score (nSPS) is 13.2. The first-order valence-electron chi connectivity index (χ1n) is 9.98. The van der Waals surface area contributed by atoms with Crippen LogP contribution >= 0.6 is 0 Å². The van der Waals surface area contributed by atoms with Crippen molar-refractivity contribution in [3.63, 3.8) is 0 Å². The molecular weight excluding hydrogens is 362 g/mol. The fraction of sp³-hybridized carbons (Fsp3) is 0.208. The van der Waals surface area contributed by atoms with Crippen molar-refractivity contribution in [2.45, 2.75) is 32.1 Å². The number of aromatic nitrogens is 2. The van der Waals surface area contributed by atoms with Crippen molar-refractivity contribution in [2.24, 2.45) is 0 Å². The van der Waals surface area contributed by atoms with Crippen LogP contribution in [0, 0.1) is 0 Å². The number of rotatable bonds is 4. The lowest BCUT2D eigenvalue weighted by molar-refractivity contribution is -0.115. The van der Waals surface area contributed by atoms with Crippen LogP contribution in [0.5, 0.6) is 0 Å². The van der Waals surface area contributed by atoms with Crippen LogP contribution in [0.25, 0.3) is 22.2 Å². The molecule has 0 fully saturated rings. The van der Waals surface area contributed by atoms with Crippen molar-refractivity contribution in [3.05, 3.63) is 77.4 Å². The molecule has 3 aromatic carbocycles. The van der Waals surface area contributed by atoms with E-state index < -0.39 is 0 Å². The van der Waals surface area contributed by atoms with Crippen molar-refractivity contribution in [1.29, 1.82) is 0 Å². The molecule has 0 saturated carbocycles. The Balaban J connectivity index is 1.31. The summed E-state index contributed by atoms with van der Waals surface area (Å²) in [5, 5.41) is 13.0. The van der Waals surface area contributed by atoms with E-state index >= 15 is 0 Å². The van der Waals surface area contributed by atoms with Gasteiger partial charge in [-0.25, -0.2) is 0 Å². The second-order valence-corrected chi connectivity index (χ2v) is 7.47. The summed E-state index contributed by atoms with van der Waals surface area (Å²) in [5.41, 5.74) is 4.62. The van der Waals surface area contributed by atoms with E-state index in [-0.39, 0.29) is 18.3 Å². The van der Waals surface area contributed by atoms with Gasteiger partial charge in [0.15, 0.2) is 0 Å². The van der Waals surface area contributed by atoms with Gasteiger partial charge < -0.3 is 4.42 Å². The largest absolute Gasteiger partial charge is 0.403 e. The molecule has 1 amide bonds. The average molecular weight is 383 g/mol. The van der Waals surface area contributed by atoms with Crippen LogP contribution < -0.4 is 5.32 Å². The van der Waals surface area contributed by atoms with E-state index in [4.69, 9.17) is 4.42 Å². The average Bonchev–Trinajstić information content (AvgIpc) is 3.22. The fourth-order valence-electron chi connectivity index (χ4n) is 4.04. The molecule has 0 radical (unpaired) electrons. The van der Waals surface area contributed by atoms with Crippen molar-refractivity contribution >= 4 is 22.7 Å². The Kier molecular flexibility index (Phi) is 4.56. The molecule has 0 aliphatic heterocycles. The number of carbonyl (C=O) groups is 1. The molecule has 1 aliphatic carbocycles. The topological polar surface area (TPSA) is 68.0 Å². The standard InChI is InChI=1S/C24H21N3O2/c28-22(15-19-10-5-9-17-7-3-4-11-21(17)19)25-24-27-26-23(29-24)20-13-12-16-6-1-2-8-18(16)14-20/h3-5,7,9-14H,1-2,6,8,15H2,(H,25,27,28). The minimum atomic E-state index is -0.179. The quantitative estimate of drug-likeness (QED) is 0.541. The zero-order valence-electron chi connectivity index (χ0n) is 16.0. The molecule has 1 aliphatic rings. The van der Waals surface area contributed by atoms with Gasteiger partial charge in [0.2, 0.25) is 11.8 Å². The molecule has 0 spiro atoms. The molecule has 5 rings (SSSR count). The number of benzene rings is 3. The van der Waals surface area contributed by atoms with Gasteiger partial charge in [-0.1, -0.05) is 53.6 Å². The zero-order chi connectivity index (χ0) is 19.6. The molecule has 1 N–H and O–H groups in total. The van der Waals surface area contributed by atoms with Gasteiger partial charge in [0.05, 0.1) is 6.42 Å². The van der Waals surface area contributed by atoms with Gasteiger partial charge in [-0.15, -0.1) is 5.10 Å². The number of nitrogens with zero attached hydrogens (tertiary/aromatic N) is 2. The molecule has 1 aromatic heterocycles. The number of carbonyl (C=O) groups excluding carboxylic acids is 1. The first-order valence-corrected chi connectivity index (χ1v) is 9.98. The summed E-state index contributed by atoms with van der Waals surface area (Å²) in [5.74, 6) is 0.251. The van der Waals surface area contributed by atoms with Crippen LogP contribution in [0.1, 0.15) is 29.5 Å². The molecule has 0 bridgehead atoms. The van der Waals surface area contributed by atoms with E-state index in [9.17, 15) is 4.79 Å². The van der Waals surface area contributed by atoms with Gasteiger partial charge >= 0.3 is 6.01 Å². The number of aryl methyl sites for hydroxylation is 2. The Hall–Kier alpha value is -3.47. The van der Waals surface area contributed by atoms with Crippen LogP contribution in [-0.4, -0.2) is 16.1 Å². The Morgan fingerprint density at radius 3 is 2.69 bits per heavy atom. The fourth-order valence-corrected chi connectivity index (χ4v) is 4.04. The van der Waals surface area contributed by atoms with E-state index in [2.05, 4.69) is 27.6 Å². The number of fused-ring (bicyclic) bond motifs is 2. The monoisotopic (exact) mass is 383 g/mol. The number of hydrogen-bond acceptors (Lipinski definition) is 4. The lowest BCUT2D eigenvalue weighted by Gasteiger charge is -2.15. The van der Waals surface area contributed by atoms with Crippen LogP contribution in [0.15, 0.2) is 65.1 Å². The summed E-state index contributed by atoms with van der Waals surface area (Å²) in [6, 6.07) is 20.4. The van der Waals surface area contributed by atoms with Crippen LogP contribution in [-0.2, 0) is 24.1 Å². The van der Waals surface area contributed by atoms with Gasteiger partial charge in [0.1, 0.15) is 0 Å². The van der Waals surface area contributed by atoms with Gasteiger partial charge in [0, 0.05) is 5.56 Å². The SMILES string of the molecule is O=C(Cc1cccc2ccccc12)Nc1nnc(-c2ccc3c(c2)CCCC3)o1. The summed E-state index contributed by atoms with van der Waals surface area (Å²) < 4.78 is 5.70. The predicted octanol–water partition coefficient (Wildman–Crippen LogP) is 4.95. The van der Waals surface area contributed by atoms with Crippen LogP contribution in [0.3, 0.4) is 0 Å². The Labute approximate surface area is 168 Å². The highest BCUT2D eigenvalue weighted by molar-refractivity contribution is 5.95. The molecule has 0 atom stereocenters. The summed E-state index contributed by atoms with van der Waals surface area (Å²) in [7, 11) is 0. The van der Waals surface area contributed by atoms with Crippen molar-refractivity contribution < 1.29 is 9.21 Å². The van der Waals surface area contributed by atoms with Crippen molar-refractivity contribution in [3.8, 4) is 11.5 Å². The Morgan fingerprint density at radius 2 is 1.76 bits per heavy atom. The van der Waals surface area contributed by atoms with Gasteiger partial charge in [-0.3, -0.25) is 10.1 Å². The molecule has 144 valence electrons. The van der Waals surface area contributed by atoms with E-state index in [0.717, 1.165) is 34.7 Å². The lowest BCUT2D eigenvalue weighted by atomic mass is 9.90. The lowest BCUT2D eigenvalue weighted by Crippen LogP contribution is -2.14. The van der Waals surface area contributed by atoms with Crippen LogP contribution in [0.2, 0.25) is 0 Å². The molecule has 5 nitrogen and oxygen atoms in total. The van der Waals surface area contributed by atoms with E-state index in [1.165, 1.54) is 24.0 Å². The molecule has 0 unspecified atom stereocenters. The highest BCUT2D eigenvalue weighted by atomic mass is 16.4. The molecule has 29 heavy (non-hydrogen) atoms. The third-order valence-corrected chi connectivity index (χ3v) is 5.50. The Morgan fingerprint density at radius 1 is 0.931 bits per heavy atom. The molecule has 1 heterocycles. The maximum atomic E-state index is 12.5. The van der Waals surface area contributed by atoms with Gasteiger partial charge in [-0.2, -0.15) is 0 Å². The summed E-state index contributed by atoms with van der Waals surface area (Å²) in [6.07, 6.45) is 4.94. The second kappa shape index (κ2) is 7.51. The summed E-state index contributed by atoms with van der Waals surface area (Å²) >= 11 is 0. The Bertz CT molecular complexity index is 1190. The third kappa shape index (κ3) is 3.63. The van der Waals surface area contributed by atoms with E-state index in [1.54, 1.807) is 0 Å².